The minimum atomic E-state index is -1.59. The van der Waals surface area contributed by atoms with Gasteiger partial charge in [-0.15, -0.1) is 0 Å². The molecule has 0 amide bonds. The summed E-state index contributed by atoms with van der Waals surface area (Å²) in [5.41, 5.74) is 0. The van der Waals surface area contributed by atoms with Gasteiger partial charge in [0.1, 0.15) is 31.0 Å². The Morgan fingerprint density at radius 3 is 1.50 bits per heavy atom. The van der Waals surface area contributed by atoms with E-state index in [1.165, 1.54) is 116 Å². The average Bonchev–Trinajstić information content (AvgIpc) is 3.14. The molecule has 6 atom stereocenters. The number of carbonyl (C=O) groups excluding carboxylic acids is 2. The lowest BCUT2D eigenvalue weighted by Crippen LogP contribution is -2.59. The van der Waals surface area contributed by atoms with E-state index >= 15 is 0 Å². The van der Waals surface area contributed by atoms with Gasteiger partial charge in [-0.3, -0.25) is 9.59 Å². The van der Waals surface area contributed by atoms with E-state index in [4.69, 9.17) is 18.9 Å². The van der Waals surface area contributed by atoms with Gasteiger partial charge >= 0.3 is 11.9 Å². The molecule has 0 bridgehead atoms. The van der Waals surface area contributed by atoms with E-state index in [-0.39, 0.29) is 32.0 Å². The lowest BCUT2D eigenvalue weighted by Gasteiger charge is -2.39. The summed E-state index contributed by atoms with van der Waals surface area (Å²) in [5, 5.41) is 39.9. The van der Waals surface area contributed by atoms with Crippen LogP contribution < -0.4 is 0 Å². The number of ether oxygens (including phenoxy) is 4. The van der Waals surface area contributed by atoms with Crippen molar-refractivity contribution in [2.24, 2.45) is 0 Å². The van der Waals surface area contributed by atoms with Gasteiger partial charge in [0, 0.05) is 12.8 Å². The van der Waals surface area contributed by atoms with E-state index < -0.39 is 49.4 Å². The van der Waals surface area contributed by atoms with E-state index in [2.05, 4.69) is 26.0 Å². The van der Waals surface area contributed by atoms with E-state index in [9.17, 15) is 30.0 Å². The molecule has 1 heterocycles. The molecular formula is C42H78O10. The number of allylic oxidation sites excluding steroid dienone is 2. The predicted octanol–water partition coefficient (Wildman–Crippen LogP) is 8.39. The normalized spacial score (nSPS) is 21.1. The molecule has 0 aliphatic carbocycles. The van der Waals surface area contributed by atoms with Gasteiger partial charge in [-0.2, -0.15) is 0 Å². The van der Waals surface area contributed by atoms with Crippen molar-refractivity contribution >= 4 is 11.9 Å². The van der Waals surface area contributed by atoms with Crippen molar-refractivity contribution < 1.29 is 49.0 Å². The minimum absolute atomic E-state index is 0.214. The molecule has 1 fully saturated rings. The summed E-state index contributed by atoms with van der Waals surface area (Å²) >= 11 is 0. The lowest BCUT2D eigenvalue weighted by molar-refractivity contribution is -0.305. The molecule has 0 aromatic heterocycles. The first-order valence-electron chi connectivity index (χ1n) is 21.3. The van der Waals surface area contributed by atoms with Crippen LogP contribution in [0.4, 0.5) is 0 Å². The van der Waals surface area contributed by atoms with Crippen molar-refractivity contribution in [3.8, 4) is 0 Å². The second-order valence-electron chi connectivity index (χ2n) is 14.8. The highest BCUT2D eigenvalue weighted by Crippen LogP contribution is 2.22. The first kappa shape index (κ1) is 48.5. The SMILES string of the molecule is CCCCCCCC/C=C\CCCCCCCCCCCC(=O)OC(COC(=O)CCCCCCCCCC)COC1OC(CO)C(O)C(O)C1O. The van der Waals surface area contributed by atoms with Crippen LogP contribution in [0.5, 0.6) is 0 Å². The maximum absolute atomic E-state index is 12.7. The molecule has 6 unspecified atom stereocenters. The molecule has 306 valence electrons. The summed E-state index contributed by atoms with van der Waals surface area (Å²) in [7, 11) is 0. The van der Waals surface area contributed by atoms with Crippen LogP contribution in [0.15, 0.2) is 12.2 Å². The quantitative estimate of drug-likeness (QED) is 0.0283. The molecule has 1 aliphatic rings. The number of aliphatic hydroxyl groups is 4. The van der Waals surface area contributed by atoms with Crippen molar-refractivity contribution in [3.63, 3.8) is 0 Å². The summed E-state index contributed by atoms with van der Waals surface area (Å²) in [6.45, 7) is 3.38. The first-order chi connectivity index (χ1) is 25.3. The fourth-order valence-corrected chi connectivity index (χ4v) is 6.48. The molecule has 1 rings (SSSR count). The highest BCUT2D eigenvalue weighted by Gasteiger charge is 2.44. The minimum Gasteiger partial charge on any atom is -0.462 e. The van der Waals surface area contributed by atoms with Gasteiger partial charge in [0.2, 0.25) is 0 Å². The Hall–Kier alpha value is -1.56. The van der Waals surface area contributed by atoms with E-state index in [1.54, 1.807) is 0 Å². The third-order valence-corrected chi connectivity index (χ3v) is 9.90. The molecule has 0 saturated carbocycles. The number of esters is 2. The largest absolute Gasteiger partial charge is 0.462 e. The number of rotatable bonds is 35. The van der Waals surface area contributed by atoms with E-state index in [0.717, 1.165) is 38.5 Å². The molecule has 10 heteroatoms. The molecule has 1 aliphatic heterocycles. The van der Waals surface area contributed by atoms with Crippen LogP contribution in [-0.4, -0.2) is 89.0 Å². The van der Waals surface area contributed by atoms with Crippen LogP contribution in [0.3, 0.4) is 0 Å². The average molecular weight is 743 g/mol. The van der Waals surface area contributed by atoms with Gasteiger partial charge in [-0.25, -0.2) is 0 Å². The summed E-state index contributed by atoms with van der Waals surface area (Å²) in [4.78, 5) is 25.1. The Labute approximate surface area is 316 Å². The zero-order valence-corrected chi connectivity index (χ0v) is 33.1. The van der Waals surface area contributed by atoms with Gasteiger partial charge in [0.25, 0.3) is 0 Å². The van der Waals surface area contributed by atoms with E-state index in [1.807, 2.05) is 0 Å². The third-order valence-electron chi connectivity index (χ3n) is 9.90. The van der Waals surface area contributed by atoms with Crippen molar-refractivity contribution in [2.45, 2.75) is 224 Å². The summed E-state index contributed by atoms with van der Waals surface area (Å²) in [6.07, 6.45) is 26.6. The van der Waals surface area contributed by atoms with Gasteiger partial charge in [-0.05, 0) is 38.5 Å². The van der Waals surface area contributed by atoms with Crippen LogP contribution in [-0.2, 0) is 28.5 Å². The van der Waals surface area contributed by atoms with Crippen LogP contribution >= 0.6 is 0 Å². The van der Waals surface area contributed by atoms with E-state index in [0.29, 0.717) is 6.42 Å². The van der Waals surface area contributed by atoms with Gasteiger partial charge in [0.15, 0.2) is 12.4 Å². The smallest absolute Gasteiger partial charge is 0.306 e. The number of aliphatic hydroxyl groups excluding tert-OH is 4. The number of carbonyl (C=O) groups is 2. The summed E-state index contributed by atoms with van der Waals surface area (Å²) in [5.74, 6) is -0.807. The summed E-state index contributed by atoms with van der Waals surface area (Å²) in [6, 6.07) is 0. The predicted molar refractivity (Wildman–Crippen MR) is 206 cm³/mol. The van der Waals surface area contributed by atoms with Crippen molar-refractivity contribution in [3.05, 3.63) is 12.2 Å². The second-order valence-corrected chi connectivity index (χ2v) is 14.8. The number of unbranched alkanes of at least 4 members (excludes halogenated alkanes) is 22. The lowest BCUT2D eigenvalue weighted by atomic mass is 9.99. The molecule has 0 aromatic rings. The maximum atomic E-state index is 12.7. The fourth-order valence-electron chi connectivity index (χ4n) is 6.48. The first-order valence-corrected chi connectivity index (χ1v) is 21.3. The summed E-state index contributed by atoms with van der Waals surface area (Å²) < 4.78 is 22.1. The highest BCUT2D eigenvalue weighted by molar-refractivity contribution is 5.70. The third kappa shape index (κ3) is 25.5. The number of hydrogen-bond acceptors (Lipinski definition) is 10. The van der Waals surface area contributed by atoms with Gasteiger partial charge in [0.05, 0.1) is 13.2 Å². The zero-order valence-electron chi connectivity index (χ0n) is 33.1. The Kier molecular flexibility index (Phi) is 31.7. The molecule has 0 radical (unpaired) electrons. The Balaban J connectivity index is 2.29. The Bertz CT molecular complexity index is 866. The molecular weight excluding hydrogens is 664 g/mol. The highest BCUT2D eigenvalue weighted by atomic mass is 16.7. The topological polar surface area (TPSA) is 152 Å². The van der Waals surface area contributed by atoms with Crippen LogP contribution in [0.1, 0.15) is 187 Å². The molecule has 52 heavy (non-hydrogen) atoms. The second kappa shape index (κ2) is 34.0. The Morgan fingerprint density at radius 2 is 1.02 bits per heavy atom. The molecule has 10 nitrogen and oxygen atoms in total. The zero-order chi connectivity index (χ0) is 38.1. The molecule has 0 spiro atoms. The molecule has 4 N–H and O–H groups in total. The van der Waals surface area contributed by atoms with Crippen LogP contribution in [0.2, 0.25) is 0 Å². The number of hydrogen-bond donors (Lipinski definition) is 4. The standard InChI is InChI=1S/C42H78O10/c1-3-5-7-9-11-13-14-15-16-17-18-19-20-21-22-23-25-27-29-31-38(45)51-35(33-49-37(44)30-28-26-24-12-10-8-6-4-2)34-50-42-41(48)40(47)39(46)36(32-43)52-42/h15-16,35-36,39-43,46-48H,3-14,17-34H2,1-2H3/b16-15-. The monoisotopic (exact) mass is 743 g/mol. The van der Waals surface area contributed by atoms with Crippen LogP contribution in [0, 0.1) is 0 Å². The van der Waals surface area contributed by atoms with Crippen molar-refractivity contribution in [2.75, 3.05) is 19.8 Å². The van der Waals surface area contributed by atoms with Crippen molar-refractivity contribution in [1.82, 2.24) is 0 Å². The van der Waals surface area contributed by atoms with Crippen molar-refractivity contribution in [1.29, 1.82) is 0 Å². The Morgan fingerprint density at radius 1 is 0.577 bits per heavy atom. The maximum Gasteiger partial charge on any atom is 0.306 e. The molecule has 1 saturated heterocycles. The van der Waals surface area contributed by atoms with Gasteiger partial charge in [-0.1, -0.05) is 148 Å². The van der Waals surface area contributed by atoms with Crippen LogP contribution in [0.25, 0.3) is 0 Å². The molecule has 0 aromatic carbocycles. The van der Waals surface area contributed by atoms with Gasteiger partial charge < -0.3 is 39.4 Å². The fraction of sp³-hybridized carbons (Fsp3) is 0.905.